The van der Waals surface area contributed by atoms with Gasteiger partial charge in [0.05, 0.1) is 32.7 Å². The van der Waals surface area contributed by atoms with Gasteiger partial charge in [-0.2, -0.15) is 0 Å². The molecule has 3 fully saturated rings. The van der Waals surface area contributed by atoms with Crippen LogP contribution in [0.25, 0.3) is 0 Å². The summed E-state index contributed by atoms with van der Waals surface area (Å²) in [6, 6.07) is 11.0. The molecule has 1 amide bonds. The van der Waals surface area contributed by atoms with E-state index in [1.807, 2.05) is 0 Å². The van der Waals surface area contributed by atoms with E-state index in [4.69, 9.17) is 4.74 Å². The van der Waals surface area contributed by atoms with Crippen LogP contribution in [-0.2, 0) is 10.3 Å². The minimum atomic E-state index is -0.0662. The second-order valence-corrected chi connectivity index (χ2v) is 11.2. The van der Waals surface area contributed by atoms with E-state index in [1.54, 1.807) is 19.5 Å². The van der Waals surface area contributed by atoms with Crippen LogP contribution < -0.4 is 10.1 Å². The summed E-state index contributed by atoms with van der Waals surface area (Å²) < 4.78 is 5.11. The quantitative estimate of drug-likeness (QED) is 0.604. The molecule has 0 unspecified atom stereocenters. The topological polar surface area (TPSA) is 73.8 Å². The lowest BCUT2D eigenvalue weighted by atomic mass is 9.68. The third kappa shape index (κ3) is 4.99. The highest BCUT2D eigenvalue weighted by molar-refractivity contribution is 5.90. The van der Waals surface area contributed by atoms with Crippen molar-refractivity contribution in [3.8, 4) is 5.75 Å². The number of amides is 1. The average molecular weight is 493 g/mol. The van der Waals surface area contributed by atoms with E-state index < -0.39 is 0 Å². The van der Waals surface area contributed by atoms with Gasteiger partial charge in [0, 0.05) is 24.2 Å². The molecule has 8 heteroatoms. The van der Waals surface area contributed by atoms with Crippen LogP contribution in [0.4, 0.5) is 5.95 Å². The Kier molecular flexibility index (Phi) is 7.28. The number of rotatable bonds is 8. The lowest BCUT2D eigenvalue weighted by Gasteiger charge is -2.52. The van der Waals surface area contributed by atoms with Gasteiger partial charge in [0.15, 0.2) is 5.75 Å². The summed E-state index contributed by atoms with van der Waals surface area (Å²) in [5.41, 5.74) is 1.63. The normalized spacial score (nSPS) is 27.3. The number of carbonyl (C=O) groups is 1. The van der Waals surface area contributed by atoms with E-state index >= 15 is 0 Å². The van der Waals surface area contributed by atoms with Crippen molar-refractivity contribution in [2.24, 2.45) is 5.92 Å². The van der Waals surface area contributed by atoms with Crippen LogP contribution in [0.2, 0.25) is 0 Å². The molecule has 1 aliphatic heterocycles. The molecular weight excluding hydrogens is 452 g/mol. The van der Waals surface area contributed by atoms with Crippen LogP contribution in [-0.4, -0.2) is 83.6 Å². The molecule has 0 radical (unpaired) electrons. The summed E-state index contributed by atoms with van der Waals surface area (Å²) in [5, 5.41) is 2.86. The molecule has 36 heavy (non-hydrogen) atoms. The Morgan fingerprint density at radius 1 is 1.11 bits per heavy atom. The first kappa shape index (κ1) is 25.1. The minimum Gasteiger partial charge on any atom is -0.494 e. The second kappa shape index (κ2) is 10.4. The maximum absolute atomic E-state index is 12.9. The SMILES string of the molecule is COc1cnc(NC(=O)CN2CN(CC3CCC3)[C@]3(CC[C@@](c4ccccc4)(N(C)C)CC3)C2)nc1. The predicted octanol–water partition coefficient (Wildman–Crippen LogP) is 3.57. The Morgan fingerprint density at radius 2 is 1.81 bits per heavy atom. The van der Waals surface area contributed by atoms with Gasteiger partial charge in [0.1, 0.15) is 0 Å². The van der Waals surface area contributed by atoms with Crippen LogP contribution in [0.15, 0.2) is 42.7 Å². The van der Waals surface area contributed by atoms with Gasteiger partial charge < -0.3 is 4.74 Å². The van der Waals surface area contributed by atoms with Crippen LogP contribution in [0.3, 0.4) is 0 Å². The molecule has 1 N–H and O–H groups in total. The number of aromatic nitrogens is 2. The Morgan fingerprint density at radius 3 is 2.39 bits per heavy atom. The van der Waals surface area contributed by atoms with E-state index in [-0.39, 0.29) is 17.0 Å². The fraction of sp³-hybridized carbons (Fsp3) is 0.607. The largest absolute Gasteiger partial charge is 0.494 e. The van der Waals surface area contributed by atoms with Gasteiger partial charge in [-0.1, -0.05) is 36.8 Å². The summed E-state index contributed by atoms with van der Waals surface area (Å²) in [4.78, 5) is 28.7. The third-order valence-corrected chi connectivity index (χ3v) is 8.92. The third-order valence-electron chi connectivity index (χ3n) is 8.92. The number of hydrogen-bond donors (Lipinski definition) is 1. The molecule has 1 aromatic heterocycles. The van der Waals surface area contributed by atoms with Gasteiger partial charge in [0.2, 0.25) is 11.9 Å². The summed E-state index contributed by atoms with van der Waals surface area (Å²) in [6.07, 6.45) is 11.7. The van der Waals surface area contributed by atoms with Gasteiger partial charge in [-0.15, -0.1) is 0 Å². The van der Waals surface area contributed by atoms with Gasteiger partial charge in [-0.25, -0.2) is 9.97 Å². The highest BCUT2D eigenvalue weighted by Crippen LogP contribution is 2.49. The zero-order valence-corrected chi connectivity index (χ0v) is 21.9. The first-order chi connectivity index (χ1) is 17.4. The van der Waals surface area contributed by atoms with E-state index in [9.17, 15) is 4.79 Å². The Labute approximate surface area is 215 Å². The molecule has 194 valence electrons. The van der Waals surface area contributed by atoms with Crippen molar-refractivity contribution in [3.05, 3.63) is 48.3 Å². The molecule has 2 aliphatic carbocycles. The molecule has 1 spiro atoms. The van der Waals surface area contributed by atoms with Crippen LogP contribution in [0.1, 0.15) is 50.5 Å². The number of hydrogen-bond acceptors (Lipinski definition) is 7. The summed E-state index contributed by atoms with van der Waals surface area (Å²) in [6.45, 7) is 3.30. The highest BCUT2D eigenvalue weighted by Gasteiger charge is 2.51. The average Bonchev–Trinajstić information content (AvgIpc) is 3.18. The van der Waals surface area contributed by atoms with Crippen molar-refractivity contribution in [1.82, 2.24) is 24.7 Å². The lowest BCUT2D eigenvalue weighted by Crippen LogP contribution is -2.56. The Bertz CT molecular complexity index is 1020. The lowest BCUT2D eigenvalue weighted by molar-refractivity contribution is -0.117. The van der Waals surface area contributed by atoms with Gasteiger partial charge in [-0.05, 0) is 64.1 Å². The van der Waals surface area contributed by atoms with Crippen molar-refractivity contribution in [3.63, 3.8) is 0 Å². The number of nitrogens with one attached hydrogen (secondary N) is 1. The number of anilines is 1. The zero-order chi connectivity index (χ0) is 25.2. The van der Waals surface area contributed by atoms with Crippen LogP contribution >= 0.6 is 0 Å². The molecule has 0 bridgehead atoms. The van der Waals surface area contributed by atoms with Crippen LogP contribution in [0.5, 0.6) is 5.75 Å². The van der Waals surface area contributed by atoms with Crippen molar-refractivity contribution in [2.45, 2.75) is 56.0 Å². The summed E-state index contributed by atoms with van der Waals surface area (Å²) in [5.74, 6) is 1.63. The van der Waals surface area contributed by atoms with Crippen molar-refractivity contribution < 1.29 is 9.53 Å². The molecular formula is C28H40N6O2. The van der Waals surface area contributed by atoms with E-state index in [0.717, 1.165) is 51.4 Å². The Balaban J connectivity index is 1.28. The molecule has 1 aromatic carbocycles. The molecule has 2 heterocycles. The molecule has 5 rings (SSSR count). The van der Waals surface area contributed by atoms with Crippen molar-refractivity contribution in [2.75, 3.05) is 52.8 Å². The van der Waals surface area contributed by atoms with E-state index in [2.05, 4.69) is 74.4 Å². The molecule has 0 atom stereocenters. The van der Waals surface area contributed by atoms with Gasteiger partial charge in [0.25, 0.3) is 0 Å². The zero-order valence-electron chi connectivity index (χ0n) is 21.9. The fourth-order valence-corrected chi connectivity index (χ4v) is 6.50. The number of carbonyl (C=O) groups excluding carboxylic acids is 1. The van der Waals surface area contributed by atoms with Crippen LogP contribution in [0, 0.1) is 5.92 Å². The highest BCUT2D eigenvalue weighted by atomic mass is 16.5. The number of ether oxygens (including phenoxy) is 1. The predicted molar refractivity (Wildman–Crippen MR) is 141 cm³/mol. The number of nitrogens with zero attached hydrogens (tertiary/aromatic N) is 5. The fourth-order valence-electron chi connectivity index (χ4n) is 6.50. The number of benzene rings is 1. The molecule has 2 saturated carbocycles. The number of methoxy groups -OCH3 is 1. The smallest absolute Gasteiger partial charge is 0.240 e. The maximum atomic E-state index is 12.9. The molecule has 3 aliphatic rings. The standard InChI is InChI=1S/C28H40N6O2/c1-32(2)28(23-10-5-4-6-11-23)14-12-27(13-15-28)20-33(21-34(27)18-22-8-7-9-22)19-25(35)31-26-29-16-24(36-3)17-30-26/h4-6,10-11,16-17,22H,7-9,12-15,18-21H2,1-3H3,(H,29,30,31,35)/t27-,28+. The molecule has 1 saturated heterocycles. The van der Waals surface area contributed by atoms with Crippen molar-refractivity contribution >= 4 is 11.9 Å². The second-order valence-electron chi connectivity index (χ2n) is 11.2. The monoisotopic (exact) mass is 492 g/mol. The van der Waals surface area contributed by atoms with Crippen molar-refractivity contribution in [1.29, 1.82) is 0 Å². The summed E-state index contributed by atoms with van der Waals surface area (Å²) >= 11 is 0. The van der Waals surface area contributed by atoms with Gasteiger partial charge in [-0.3, -0.25) is 24.8 Å². The minimum absolute atomic E-state index is 0.0662. The summed E-state index contributed by atoms with van der Waals surface area (Å²) in [7, 11) is 6.02. The molecule has 8 nitrogen and oxygen atoms in total. The maximum Gasteiger partial charge on any atom is 0.240 e. The Hall–Kier alpha value is -2.55. The first-order valence-corrected chi connectivity index (χ1v) is 13.3. The van der Waals surface area contributed by atoms with E-state index in [1.165, 1.54) is 24.8 Å². The molecule has 2 aromatic rings. The van der Waals surface area contributed by atoms with Gasteiger partial charge >= 0.3 is 0 Å². The first-order valence-electron chi connectivity index (χ1n) is 13.3. The van der Waals surface area contributed by atoms with E-state index in [0.29, 0.717) is 18.2 Å².